The molecular weight excluding hydrogens is 498 g/mol. The summed E-state index contributed by atoms with van der Waals surface area (Å²) in [7, 11) is 0. The van der Waals surface area contributed by atoms with Crippen LogP contribution in [0.4, 0.5) is 4.39 Å². The standard InChI is InChI=1S/C29H29Cl2FN2O2/c30-24-14-8-15-25(31)23(24)18-28(35)34(19-21-11-4-7-16-26(21)32)27(17-20-9-2-1-3-10-20)29(36)33-22-12-5-6-13-22/h1-4,7-11,14-16,22,27H,5-6,12-13,17-19H2,(H,33,36)/t27-/m1/s1. The van der Waals surface area contributed by atoms with E-state index in [2.05, 4.69) is 5.32 Å². The molecule has 1 N–H and O–H groups in total. The minimum absolute atomic E-state index is 0.0524. The Balaban J connectivity index is 1.70. The second-order valence-corrected chi connectivity index (χ2v) is 10.00. The van der Waals surface area contributed by atoms with Crippen LogP contribution in [-0.2, 0) is 29.0 Å². The molecule has 4 rings (SSSR count). The zero-order valence-corrected chi connectivity index (χ0v) is 21.4. The maximum atomic E-state index is 14.7. The minimum Gasteiger partial charge on any atom is -0.352 e. The quantitative estimate of drug-likeness (QED) is 0.352. The van der Waals surface area contributed by atoms with Gasteiger partial charge in [-0.3, -0.25) is 9.59 Å². The lowest BCUT2D eigenvalue weighted by atomic mass is 10.0. The Bertz CT molecular complexity index is 1180. The molecule has 188 valence electrons. The largest absolute Gasteiger partial charge is 0.352 e. The van der Waals surface area contributed by atoms with Crippen LogP contribution in [0.5, 0.6) is 0 Å². The van der Waals surface area contributed by atoms with Crippen LogP contribution in [0.25, 0.3) is 0 Å². The van der Waals surface area contributed by atoms with Crippen LogP contribution < -0.4 is 5.32 Å². The van der Waals surface area contributed by atoms with Gasteiger partial charge in [0.1, 0.15) is 11.9 Å². The van der Waals surface area contributed by atoms with Crippen LogP contribution >= 0.6 is 23.2 Å². The third-order valence-corrected chi connectivity index (χ3v) is 7.37. The molecule has 1 aliphatic rings. The molecule has 36 heavy (non-hydrogen) atoms. The number of hydrogen-bond donors (Lipinski definition) is 1. The van der Waals surface area contributed by atoms with E-state index in [1.807, 2.05) is 30.3 Å². The van der Waals surface area contributed by atoms with Crippen molar-refractivity contribution >= 4 is 35.0 Å². The Morgan fingerprint density at radius 1 is 0.917 bits per heavy atom. The summed E-state index contributed by atoms with van der Waals surface area (Å²) in [5.41, 5.74) is 1.73. The molecule has 0 saturated heterocycles. The Morgan fingerprint density at radius 3 is 2.22 bits per heavy atom. The van der Waals surface area contributed by atoms with Gasteiger partial charge in [-0.25, -0.2) is 4.39 Å². The van der Waals surface area contributed by atoms with Crippen molar-refractivity contribution in [2.45, 2.75) is 57.2 Å². The molecule has 1 atom stereocenters. The third-order valence-electron chi connectivity index (χ3n) is 6.66. The smallest absolute Gasteiger partial charge is 0.243 e. The van der Waals surface area contributed by atoms with Gasteiger partial charge in [-0.1, -0.05) is 90.6 Å². The normalized spacial score (nSPS) is 14.4. The highest BCUT2D eigenvalue weighted by Gasteiger charge is 2.33. The van der Waals surface area contributed by atoms with E-state index in [0.29, 0.717) is 27.6 Å². The first-order valence-corrected chi connectivity index (χ1v) is 13.0. The van der Waals surface area contributed by atoms with Gasteiger partial charge >= 0.3 is 0 Å². The van der Waals surface area contributed by atoms with Gasteiger partial charge in [-0.2, -0.15) is 0 Å². The van der Waals surface area contributed by atoms with Crippen molar-refractivity contribution in [2.24, 2.45) is 0 Å². The average Bonchev–Trinajstić information content (AvgIpc) is 3.38. The van der Waals surface area contributed by atoms with Gasteiger partial charge in [0.15, 0.2) is 0 Å². The molecule has 1 saturated carbocycles. The van der Waals surface area contributed by atoms with Crippen molar-refractivity contribution in [3.8, 4) is 0 Å². The third kappa shape index (κ3) is 6.65. The molecule has 0 radical (unpaired) electrons. The van der Waals surface area contributed by atoms with Crippen molar-refractivity contribution < 1.29 is 14.0 Å². The predicted molar refractivity (Wildman–Crippen MR) is 141 cm³/mol. The number of hydrogen-bond acceptors (Lipinski definition) is 2. The molecular formula is C29H29Cl2FN2O2. The number of amides is 2. The Hall–Kier alpha value is -2.89. The lowest BCUT2D eigenvalue weighted by Crippen LogP contribution is -2.52. The SMILES string of the molecule is O=C(NC1CCCC1)[C@@H](Cc1ccccc1)N(Cc1ccccc1F)C(=O)Cc1c(Cl)cccc1Cl. The molecule has 0 unspecified atom stereocenters. The van der Waals surface area contributed by atoms with Gasteiger partial charge in [-0.05, 0) is 42.2 Å². The zero-order chi connectivity index (χ0) is 25.5. The van der Waals surface area contributed by atoms with Crippen LogP contribution in [0.3, 0.4) is 0 Å². The van der Waals surface area contributed by atoms with Crippen molar-refractivity contribution in [3.05, 3.63) is 105 Å². The lowest BCUT2D eigenvalue weighted by molar-refractivity contribution is -0.141. The topological polar surface area (TPSA) is 49.4 Å². The number of carbonyl (C=O) groups is 2. The van der Waals surface area contributed by atoms with Crippen LogP contribution in [0.1, 0.15) is 42.4 Å². The number of rotatable bonds is 9. The van der Waals surface area contributed by atoms with Crippen molar-refractivity contribution in [1.82, 2.24) is 10.2 Å². The van der Waals surface area contributed by atoms with Crippen LogP contribution in [0, 0.1) is 5.82 Å². The van der Waals surface area contributed by atoms with Crippen molar-refractivity contribution in [1.29, 1.82) is 0 Å². The number of halogens is 3. The zero-order valence-electron chi connectivity index (χ0n) is 19.9. The van der Waals surface area contributed by atoms with Crippen molar-refractivity contribution in [3.63, 3.8) is 0 Å². The molecule has 2 amide bonds. The summed E-state index contributed by atoms with van der Waals surface area (Å²) in [4.78, 5) is 28.9. The second-order valence-electron chi connectivity index (χ2n) is 9.19. The second kappa shape index (κ2) is 12.4. The fourth-order valence-electron chi connectivity index (χ4n) is 4.69. The summed E-state index contributed by atoms with van der Waals surface area (Å²) in [6, 6.07) is 20.2. The molecule has 7 heteroatoms. The van der Waals surface area contributed by atoms with Crippen LogP contribution in [0.2, 0.25) is 10.0 Å². The highest BCUT2D eigenvalue weighted by molar-refractivity contribution is 6.36. The minimum atomic E-state index is -0.832. The molecule has 4 nitrogen and oxygen atoms in total. The van der Waals surface area contributed by atoms with Crippen molar-refractivity contribution in [2.75, 3.05) is 0 Å². The maximum absolute atomic E-state index is 14.7. The Kier molecular flexibility index (Phi) is 9.00. The Labute approximate surface area is 221 Å². The maximum Gasteiger partial charge on any atom is 0.243 e. The predicted octanol–water partition coefficient (Wildman–Crippen LogP) is 6.37. The first-order chi connectivity index (χ1) is 17.4. The summed E-state index contributed by atoms with van der Waals surface area (Å²) >= 11 is 12.7. The van der Waals surface area contributed by atoms with Gasteiger partial charge in [-0.15, -0.1) is 0 Å². The number of nitrogens with one attached hydrogen (secondary N) is 1. The molecule has 1 aliphatic carbocycles. The van der Waals surface area contributed by atoms with E-state index in [1.165, 1.54) is 11.0 Å². The number of benzene rings is 3. The van der Waals surface area contributed by atoms with Crippen LogP contribution in [0.15, 0.2) is 72.8 Å². The summed E-state index contributed by atoms with van der Waals surface area (Å²) in [5, 5.41) is 3.89. The molecule has 0 heterocycles. The first-order valence-electron chi connectivity index (χ1n) is 12.2. The van der Waals surface area contributed by atoms with E-state index in [4.69, 9.17) is 23.2 Å². The van der Waals surface area contributed by atoms with Gasteiger partial charge in [0, 0.05) is 34.6 Å². The number of nitrogens with zero attached hydrogens (tertiary/aromatic N) is 1. The molecule has 0 aliphatic heterocycles. The van der Waals surface area contributed by atoms with Gasteiger partial charge in [0.2, 0.25) is 11.8 Å². The molecule has 0 aromatic heterocycles. The van der Waals surface area contributed by atoms with E-state index in [1.54, 1.807) is 36.4 Å². The van der Waals surface area contributed by atoms with Gasteiger partial charge in [0.25, 0.3) is 0 Å². The first kappa shape index (κ1) is 26.2. The number of carbonyl (C=O) groups excluding carboxylic acids is 2. The average molecular weight is 527 g/mol. The molecule has 0 spiro atoms. The highest BCUT2D eigenvalue weighted by Crippen LogP contribution is 2.27. The van der Waals surface area contributed by atoms with E-state index < -0.39 is 11.9 Å². The van der Waals surface area contributed by atoms with Gasteiger partial charge < -0.3 is 10.2 Å². The van der Waals surface area contributed by atoms with E-state index in [9.17, 15) is 14.0 Å². The monoisotopic (exact) mass is 526 g/mol. The molecule has 3 aromatic carbocycles. The molecule has 3 aromatic rings. The Morgan fingerprint density at radius 2 is 1.56 bits per heavy atom. The fourth-order valence-corrected chi connectivity index (χ4v) is 5.22. The summed E-state index contributed by atoms with van der Waals surface area (Å²) in [6.45, 7) is -0.0524. The van der Waals surface area contributed by atoms with Crippen LogP contribution in [-0.4, -0.2) is 28.8 Å². The highest BCUT2D eigenvalue weighted by atomic mass is 35.5. The lowest BCUT2D eigenvalue weighted by Gasteiger charge is -2.32. The summed E-state index contributed by atoms with van der Waals surface area (Å²) in [6.07, 6.45) is 4.17. The fraction of sp³-hybridized carbons (Fsp3) is 0.310. The van der Waals surface area contributed by atoms with Gasteiger partial charge in [0.05, 0.1) is 6.42 Å². The van der Waals surface area contributed by atoms with E-state index in [0.717, 1.165) is 31.2 Å². The molecule has 0 bridgehead atoms. The van der Waals surface area contributed by atoms with E-state index in [-0.39, 0.29) is 30.8 Å². The summed E-state index contributed by atoms with van der Waals surface area (Å²) in [5.74, 6) is -1.02. The van der Waals surface area contributed by atoms with E-state index >= 15 is 0 Å². The molecule has 1 fully saturated rings. The summed E-state index contributed by atoms with van der Waals surface area (Å²) < 4.78 is 14.7.